The normalized spacial score (nSPS) is 12.7. The van der Waals surface area contributed by atoms with Crippen molar-refractivity contribution in [1.82, 2.24) is 9.47 Å². The molecule has 0 spiro atoms. The summed E-state index contributed by atoms with van der Waals surface area (Å²) >= 11 is 0. The number of aromatic nitrogens is 1. The molecular weight excluding hydrogens is 323 g/mol. The Balaban J connectivity index is 2.04. The highest BCUT2D eigenvalue weighted by Gasteiger charge is 2.14. The Labute approximate surface area is 148 Å². The highest BCUT2D eigenvalue weighted by molar-refractivity contribution is 5.18. The van der Waals surface area contributed by atoms with Crippen LogP contribution in [0.15, 0.2) is 42.6 Å². The van der Waals surface area contributed by atoms with Crippen molar-refractivity contribution in [2.75, 3.05) is 40.5 Å². The van der Waals surface area contributed by atoms with Crippen molar-refractivity contribution in [3.8, 4) is 0 Å². The lowest BCUT2D eigenvalue weighted by atomic mass is 10.2. The van der Waals surface area contributed by atoms with Gasteiger partial charge in [-0.1, -0.05) is 12.1 Å². The Bertz CT molecular complexity index is 633. The van der Waals surface area contributed by atoms with E-state index < -0.39 is 6.10 Å². The number of nitrogens with zero attached hydrogens (tertiary/aromatic N) is 2. The van der Waals surface area contributed by atoms with Crippen LogP contribution in [0.4, 0.5) is 4.39 Å². The summed E-state index contributed by atoms with van der Waals surface area (Å²) in [5, 5.41) is 10.0. The smallest absolute Gasteiger partial charge is 0.123 e. The Morgan fingerprint density at radius 2 is 2.04 bits per heavy atom. The van der Waals surface area contributed by atoms with Crippen molar-refractivity contribution in [2.45, 2.75) is 19.2 Å². The second kappa shape index (κ2) is 10.3. The van der Waals surface area contributed by atoms with Gasteiger partial charge in [0, 0.05) is 52.3 Å². The van der Waals surface area contributed by atoms with E-state index in [4.69, 9.17) is 9.47 Å². The molecule has 1 aromatic heterocycles. The van der Waals surface area contributed by atoms with Crippen molar-refractivity contribution < 1.29 is 19.0 Å². The summed E-state index contributed by atoms with van der Waals surface area (Å²) in [6.45, 7) is 3.38. The molecule has 0 saturated heterocycles. The summed E-state index contributed by atoms with van der Waals surface area (Å²) in [5.41, 5.74) is 2.02. The molecule has 1 atom stereocenters. The summed E-state index contributed by atoms with van der Waals surface area (Å²) < 4.78 is 25.7. The minimum absolute atomic E-state index is 0.226. The zero-order valence-electron chi connectivity index (χ0n) is 14.9. The second-order valence-corrected chi connectivity index (χ2v) is 6.09. The number of rotatable bonds is 11. The van der Waals surface area contributed by atoms with Gasteiger partial charge >= 0.3 is 0 Å². The van der Waals surface area contributed by atoms with E-state index in [9.17, 15) is 9.50 Å². The van der Waals surface area contributed by atoms with Crippen molar-refractivity contribution in [2.24, 2.45) is 0 Å². The van der Waals surface area contributed by atoms with Gasteiger partial charge in [-0.3, -0.25) is 4.90 Å². The monoisotopic (exact) mass is 350 g/mol. The molecule has 1 heterocycles. The van der Waals surface area contributed by atoms with E-state index in [-0.39, 0.29) is 5.82 Å². The van der Waals surface area contributed by atoms with Crippen LogP contribution in [0.1, 0.15) is 11.3 Å². The molecule has 1 aromatic carbocycles. The summed E-state index contributed by atoms with van der Waals surface area (Å²) in [5.74, 6) is -0.226. The Kier molecular flexibility index (Phi) is 8.08. The number of aliphatic hydroxyl groups is 1. The van der Waals surface area contributed by atoms with E-state index in [2.05, 4.69) is 9.47 Å². The van der Waals surface area contributed by atoms with Gasteiger partial charge in [0.05, 0.1) is 19.3 Å². The van der Waals surface area contributed by atoms with E-state index in [0.29, 0.717) is 39.4 Å². The maximum atomic E-state index is 13.4. The number of methoxy groups -OCH3 is 2. The molecule has 5 nitrogen and oxygen atoms in total. The molecule has 0 aliphatic carbocycles. The minimum atomic E-state index is -0.548. The molecule has 0 saturated carbocycles. The molecule has 1 unspecified atom stereocenters. The molecule has 0 radical (unpaired) electrons. The first-order chi connectivity index (χ1) is 12.1. The first-order valence-electron chi connectivity index (χ1n) is 8.39. The lowest BCUT2D eigenvalue weighted by Gasteiger charge is -2.25. The molecule has 0 aliphatic rings. The van der Waals surface area contributed by atoms with Crippen molar-refractivity contribution in [3.63, 3.8) is 0 Å². The number of ether oxygens (including phenoxy) is 2. The Morgan fingerprint density at radius 3 is 2.76 bits per heavy atom. The number of aliphatic hydroxyl groups excluding tert-OH is 1. The molecule has 0 bridgehead atoms. The van der Waals surface area contributed by atoms with Crippen LogP contribution in [0.5, 0.6) is 0 Å². The summed E-state index contributed by atoms with van der Waals surface area (Å²) in [6.07, 6.45) is 1.44. The zero-order chi connectivity index (χ0) is 18.1. The number of halogens is 1. The lowest BCUT2D eigenvalue weighted by molar-refractivity contribution is 0.0288. The van der Waals surface area contributed by atoms with Gasteiger partial charge in [-0.15, -0.1) is 0 Å². The lowest BCUT2D eigenvalue weighted by Crippen LogP contribution is -2.36. The van der Waals surface area contributed by atoms with Crippen LogP contribution in [0.3, 0.4) is 0 Å². The third-order valence-corrected chi connectivity index (χ3v) is 3.99. The number of hydrogen-bond acceptors (Lipinski definition) is 4. The quantitative estimate of drug-likeness (QED) is 0.674. The first kappa shape index (κ1) is 19.6. The summed E-state index contributed by atoms with van der Waals surface area (Å²) in [4.78, 5) is 2.13. The summed E-state index contributed by atoms with van der Waals surface area (Å²) in [6, 6.07) is 10.7. The number of hydrogen-bond donors (Lipinski definition) is 1. The molecule has 0 fully saturated rings. The SMILES string of the molecule is COCCN(Cc1cccn1Cc1cccc(F)c1)CC(O)COC. The Morgan fingerprint density at radius 1 is 1.20 bits per heavy atom. The van der Waals surface area contributed by atoms with Crippen LogP contribution in [-0.2, 0) is 22.6 Å². The standard InChI is InChI=1S/C19H27FN2O3/c1-24-10-9-21(14-19(23)15-25-2)13-18-7-4-8-22(18)12-16-5-3-6-17(20)11-16/h3-8,11,19,23H,9-10,12-15H2,1-2H3. The molecule has 6 heteroatoms. The first-order valence-corrected chi connectivity index (χ1v) is 8.39. The largest absolute Gasteiger partial charge is 0.389 e. The van der Waals surface area contributed by atoms with Gasteiger partial charge in [0.25, 0.3) is 0 Å². The zero-order valence-corrected chi connectivity index (χ0v) is 14.9. The molecule has 0 aliphatic heterocycles. The average molecular weight is 350 g/mol. The van der Waals surface area contributed by atoms with Gasteiger partial charge in [-0.25, -0.2) is 4.39 Å². The number of benzene rings is 1. The van der Waals surface area contributed by atoms with E-state index in [1.54, 1.807) is 26.4 Å². The van der Waals surface area contributed by atoms with Gasteiger partial charge in [0.2, 0.25) is 0 Å². The van der Waals surface area contributed by atoms with E-state index in [1.807, 2.05) is 24.4 Å². The van der Waals surface area contributed by atoms with Crippen LogP contribution in [0.25, 0.3) is 0 Å². The van der Waals surface area contributed by atoms with Gasteiger partial charge in [-0.05, 0) is 29.8 Å². The molecule has 2 aromatic rings. The minimum Gasteiger partial charge on any atom is -0.389 e. The van der Waals surface area contributed by atoms with Crippen LogP contribution in [0.2, 0.25) is 0 Å². The topological polar surface area (TPSA) is 46.9 Å². The predicted molar refractivity (Wildman–Crippen MR) is 95.0 cm³/mol. The third-order valence-electron chi connectivity index (χ3n) is 3.99. The average Bonchev–Trinajstić information content (AvgIpc) is 2.99. The maximum Gasteiger partial charge on any atom is 0.123 e. The molecular formula is C19H27FN2O3. The molecule has 25 heavy (non-hydrogen) atoms. The third kappa shape index (κ3) is 6.59. The van der Waals surface area contributed by atoms with Crippen LogP contribution in [-0.4, -0.2) is 61.2 Å². The van der Waals surface area contributed by atoms with Gasteiger partial charge in [0.1, 0.15) is 5.82 Å². The van der Waals surface area contributed by atoms with Crippen molar-refractivity contribution >= 4 is 0 Å². The summed E-state index contributed by atoms with van der Waals surface area (Å²) in [7, 11) is 3.24. The maximum absolute atomic E-state index is 13.4. The predicted octanol–water partition coefficient (Wildman–Crippen LogP) is 2.13. The van der Waals surface area contributed by atoms with Gasteiger partial charge in [-0.2, -0.15) is 0 Å². The molecule has 0 amide bonds. The fourth-order valence-corrected chi connectivity index (χ4v) is 2.81. The van der Waals surface area contributed by atoms with Crippen LogP contribution in [0, 0.1) is 5.82 Å². The Hall–Kier alpha value is -1.73. The fourth-order valence-electron chi connectivity index (χ4n) is 2.81. The molecule has 1 N–H and O–H groups in total. The fraction of sp³-hybridized carbons (Fsp3) is 0.474. The van der Waals surface area contributed by atoms with E-state index >= 15 is 0 Å². The highest BCUT2D eigenvalue weighted by Crippen LogP contribution is 2.12. The highest BCUT2D eigenvalue weighted by atomic mass is 19.1. The van der Waals surface area contributed by atoms with Crippen LogP contribution >= 0.6 is 0 Å². The van der Waals surface area contributed by atoms with Crippen molar-refractivity contribution in [3.05, 3.63) is 59.7 Å². The van der Waals surface area contributed by atoms with E-state index in [0.717, 1.165) is 11.3 Å². The second-order valence-electron chi connectivity index (χ2n) is 6.09. The van der Waals surface area contributed by atoms with Crippen molar-refractivity contribution in [1.29, 1.82) is 0 Å². The van der Waals surface area contributed by atoms with E-state index in [1.165, 1.54) is 6.07 Å². The van der Waals surface area contributed by atoms with Gasteiger partial charge < -0.3 is 19.1 Å². The van der Waals surface area contributed by atoms with Gasteiger partial charge in [0.15, 0.2) is 0 Å². The molecule has 138 valence electrons. The molecule has 2 rings (SSSR count). The van der Waals surface area contributed by atoms with Crippen LogP contribution < -0.4 is 0 Å².